The molecular weight excluding hydrogens is 388 g/mol. The first kappa shape index (κ1) is 19.6. The van der Waals surface area contributed by atoms with Crippen LogP contribution in [0.3, 0.4) is 0 Å². The number of ether oxygens (including phenoxy) is 2. The molecule has 1 aromatic heterocycles. The van der Waals surface area contributed by atoms with E-state index in [1.807, 2.05) is 49.4 Å². The van der Waals surface area contributed by atoms with Crippen molar-refractivity contribution in [3.05, 3.63) is 76.9 Å². The number of benzene rings is 2. The van der Waals surface area contributed by atoms with E-state index < -0.39 is 0 Å². The molecule has 150 valence electrons. The maximum Gasteiger partial charge on any atom is 0.232 e. The summed E-state index contributed by atoms with van der Waals surface area (Å²) in [6, 6.07) is 17.3. The van der Waals surface area contributed by atoms with Crippen LogP contribution in [0.4, 0.5) is 5.69 Å². The second kappa shape index (κ2) is 8.72. The summed E-state index contributed by atoms with van der Waals surface area (Å²) >= 11 is 6.15. The number of aliphatic hydroxyl groups is 1. The zero-order valence-corrected chi connectivity index (χ0v) is 17.0. The molecule has 1 N–H and O–H groups in total. The highest BCUT2D eigenvalue weighted by Crippen LogP contribution is 2.32. The van der Waals surface area contributed by atoms with Gasteiger partial charge in [0.25, 0.3) is 0 Å². The second-order valence-corrected chi connectivity index (χ2v) is 7.49. The Kier molecular flexibility index (Phi) is 5.88. The lowest BCUT2D eigenvalue weighted by Crippen LogP contribution is -2.25. The summed E-state index contributed by atoms with van der Waals surface area (Å²) in [5.41, 5.74) is 2.88. The summed E-state index contributed by atoms with van der Waals surface area (Å²) < 4.78 is 12.0. The lowest BCUT2D eigenvalue weighted by Gasteiger charge is -2.22. The zero-order valence-electron chi connectivity index (χ0n) is 16.2. The first-order chi connectivity index (χ1) is 14.1. The molecule has 0 saturated carbocycles. The third-order valence-electron chi connectivity index (χ3n) is 5.03. The maximum absolute atomic E-state index is 9.92. The maximum atomic E-state index is 9.92. The lowest BCUT2D eigenvalue weighted by molar-refractivity contribution is 0.216. The number of rotatable bonds is 6. The van der Waals surface area contributed by atoms with Gasteiger partial charge < -0.3 is 19.5 Å². The van der Waals surface area contributed by atoms with Gasteiger partial charge in [-0.25, -0.2) is 4.98 Å². The Balaban J connectivity index is 1.47. The second-order valence-electron chi connectivity index (χ2n) is 7.08. The summed E-state index contributed by atoms with van der Waals surface area (Å²) in [7, 11) is 0. The number of aromatic nitrogens is 1. The van der Waals surface area contributed by atoms with Gasteiger partial charge in [0.2, 0.25) is 5.88 Å². The minimum Gasteiger partial charge on any atom is -0.471 e. The minimum atomic E-state index is -0.0611. The Bertz CT molecular complexity index is 995. The molecule has 0 aliphatic carbocycles. The molecule has 0 radical (unpaired) electrons. The molecule has 1 saturated heterocycles. The van der Waals surface area contributed by atoms with E-state index in [4.69, 9.17) is 21.1 Å². The fourth-order valence-electron chi connectivity index (χ4n) is 3.52. The van der Waals surface area contributed by atoms with Crippen molar-refractivity contribution in [3.8, 4) is 17.4 Å². The van der Waals surface area contributed by atoms with Crippen LogP contribution in [-0.4, -0.2) is 29.3 Å². The van der Waals surface area contributed by atoms with Crippen LogP contribution in [0.5, 0.6) is 17.4 Å². The van der Waals surface area contributed by atoms with Crippen molar-refractivity contribution in [1.82, 2.24) is 4.98 Å². The van der Waals surface area contributed by atoms with Gasteiger partial charge in [-0.2, -0.15) is 0 Å². The molecule has 1 unspecified atom stereocenters. The van der Waals surface area contributed by atoms with Crippen molar-refractivity contribution in [1.29, 1.82) is 0 Å². The van der Waals surface area contributed by atoms with Crippen molar-refractivity contribution >= 4 is 17.3 Å². The predicted molar refractivity (Wildman–Crippen MR) is 114 cm³/mol. The molecule has 29 heavy (non-hydrogen) atoms. The van der Waals surface area contributed by atoms with Crippen LogP contribution in [-0.2, 0) is 6.61 Å². The predicted octanol–water partition coefficient (Wildman–Crippen LogP) is 4.99. The van der Waals surface area contributed by atoms with Crippen LogP contribution in [0.1, 0.15) is 17.5 Å². The largest absolute Gasteiger partial charge is 0.471 e. The summed E-state index contributed by atoms with van der Waals surface area (Å²) in [6.07, 6.45) is 2.53. The number of anilines is 1. The number of hydrogen-bond acceptors (Lipinski definition) is 5. The summed E-state index contributed by atoms with van der Waals surface area (Å²) in [6.45, 7) is 3.49. The molecule has 3 aromatic rings. The van der Waals surface area contributed by atoms with Crippen LogP contribution < -0.4 is 14.4 Å². The van der Waals surface area contributed by atoms with Gasteiger partial charge in [-0.3, -0.25) is 0 Å². The van der Waals surface area contributed by atoms with Crippen LogP contribution in [0.2, 0.25) is 5.02 Å². The zero-order chi connectivity index (χ0) is 20.2. The number of pyridine rings is 1. The van der Waals surface area contributed by atoms with Gasteiger partial charge in [0.15, 0.2) is 0 Å². The quantitative estimate of drug-likeness (QED) is 0.620. The first-order valence-electron chi connectivity index (χ1n) is 9.63. The molecule has 1 aliphatic heterocycles. The van der Waals surface area contributed by atoms with E-state index in [9.17, 15) is 5.11 Å². The van der Waals surface area contributed by atoms with Gasteiger partial charge >= 0.3 is 0 Å². The number of aryl methyl sites for hydroxylation is 1. The van der Waals surface area contributed by atoms with Crippen molar-refractivity contribution in [2.45, 2.75) is 26.1 Å². The van der Waals surface area contributed by atoms with E-state index in [0.29, 0.717) is 23.2 Å². The van der Waals surface area contributed by atoms with E-state index >= 15 is 0 Å². The number of halogens is 1. The normalized spacial score (nSPS) is 16.1. The number of nitrogens with zero attached hydrogens (tertiary/aromatic N) is 2. The molecule has 1 atom stereocenters. The molecular formula is C23H23ClN2O3. The van der Waals surface area contributed by atoms with E-state index in [0.717, 1.165) is 35.5 Å². The average Bonchev–Trinajstić information content (AvgIpc) is 3.19. The van der Waals surface area contributed by atoms with E-state index in [-0.39, 0.29) is 12.7 Å². The minimum absolute atomic E-state index is 0.00293. The Morgan fingerprint density at radius 3 is 2.83 bits per heavy atom. The van der Waals surface area contributed by atoms with Gasteiger partial charge in [-0.05, 0) is 48.9 Å². The molecule has 4 rings (SSSR count). The van der Waals surface area contributed by atoms with Crippen LogP contribution >= 0.6 is 11.6 Å². The molecule has 0 amide bonds. The fraction of sp³-hybridized carbons (Fsp3) is 0.261. The van der Waals surface area contributed by atoms with Gasteiger partial charge in [0.1, 0.15) is 22.6 Å². The van der Waals surface area contributed by atoms with Gasteiger partial charge in [-0.15, -0.1) is 0 Å². The number of para-hydroxylation sites is 1. The van der Waals surface area contributed by atoms with Crippen LogP contribution in [0.15, 0.2) is 60.8 Å². The van der Waals surface area contributed by atoms with Crippen LogP contribution in [0, 0.1) is 6.92 Å². The molecule has 1 fully saturated rings. The molecule has 2 heterocycles. The third kappa shape index (κ3) is 4.47. The third-order valence-corrected chi connectivity index (χ3v) is 5.32. The van der Waals surface area contributed by atoms with E-state index in [1.165, 1.54) is 0 Å². The number of hydrogen-bond donors (Lipinski definition) is 1. The van der Waals surface area contributed by atoms with Crippen molar-refractivity contribution in [2.24, 2.45) is 0 Å². The Hall–Kier alpha value is -2.76. The Morgan fingerprint density at radius 1 is 1.17 bits per heavy atom. The topological polar surface area (TPSA) is 54.8 Å². The Labute approximate surface area is 175 Å². The fourth-order valence-corrected chi connectivity index (χ4v) is 3.68. The highest BCUT2D eigenvalue weighted by atomic mass is 35.5. The van der Waals surface area contributed by atoms with Crippen LogP contribution in [0.25, 0.3) is 0 Å². The standard InChI is InChI=1S/C23H23ClN2O3/c1-16-5-2-3-7-22(16)28-18-8-9-21(17(13-18)15-27)26-12-10-19(14-26)29-23-20(24)6-4-11-25-23/h2-9,11,13,19,27H,10,12,14-15H2,1H3. The highest BCUT2D eigenvalue weighted by Gasteiger charge is 2.26. The Morgan fingerprint density at radius 2 is 2.03 bits per heavy atom. The SMILES string of the molecule is Cc1ccccc1Oc1ccc(N2CCC(Oc3ncccc3Cl)C2)c(CO)c1. The monoisotopic (exact) mass is 410 g/mol. The van der Waals surface area contributed by atoms with E-state index in [1.54, 1.807) is 18.3 Å². The molecule has 1 aliphatic rings. The van der Waals surface area contributed by atoms with Crippen molar-refractivity contribution < 1.29 is 14.6 Å². The smallest absolute Gasteiger partial charge is 0.232 e. The summed E-state index contributed by atoms with van der Waals surface area (Å²) in [5.74, 6) is 1.98. The molecule has 6 heteroatoms. The molecule has 0 spiro atoms. The van der Waals surface area contributed by atoms with Crippen molar-refractivity contribution in [2.75, 3.05) is 18.0 Å². The van der Waals surface area contributed by atoms with Gasteiger partial charge in [-0.1, -0.05) is 29.8 Å². The number of aliphatic hydroxyl groups excluding tert-OH is 1. The first-order valence-corrected chi connectivity index (χ1v) is 10.0. The van der Waals surface area contributed by atoms with Gasteiger partial charge in [0, 0.05) is 30.4 Å². The van der Waals surface area contributed by atoms with Crippen molar-refractivity contribution in [3.63, 3.8) is 0 Å². The van der Waals surface area contributed by atoms with E-state index in [2.05, 4.69) is 9.88 Å². The highest BCUT2D eigenvalue weighted by molar-refractivity contribution is 6.31. The summed E-state index contributed by atoms with van der Waals surface area (Å²) in [5, 5.41) is 10.4. The molecule has 0 bridgehead atoms. The average molecular weight is 411 g/mol. The van der Waals surface area contributed by atoms with Gasteiger partial charge in [0.05, 0.1) is 13.2 Å². The molecule has 2 aromatic carbocycles. The summed E-state index contributed by atoms with van der Waals surface area (Å²) in [4.78, 5) is 6.42. The molecule has 5 nitrogen and oxygen atoms in total. The lowest BCUT2D eigenvalue weighted by atomic mass is 10.1.